The van der Waals surface area contributed by atoms with Crippen LogP contribution in [0.3, 0.4) is 0 Å². The summed E-state index contributed by atoms with van der Waals surface area (Å²) in [4.78, 5) is 50.2. The monoisotopic (exact) mass is 342 g/mol. The lowest BCUT2D eigenvalue weighted by Gasteiger charge is -2.16. The molecule has 25 heavy (non-hydrogen) atoms. The number of benzene rings is 1. The Balaban J connectivity index is 1.61. The van der Waals surface area contributed by atoms with Gasteiger partial charge in [0.05, 0.1) is 0 Å². The number of H-pyrrole nitrogens is 1. The third-order valence-electron chi connectivity index (χ3n) is 4.00. The van der Waals surface area contributed by atoms with Gasteiger partial charge in [0.2, 0.25) is 11.8 Å². The van der Waals surface area contributed by atoms with Crippen molar-refractivity contribution in [2.24, 2.45) is 0 Å². The van der Waals surface area contributed by atoms with Crippen LogP contribution in [-0.2, 0) is 22.7 Å². The second-order valence-electron chi connectivity index (χ2n) is 5.83. The van der Waals surface area contributed by atoms with E-state index in [0.29, 0.717) is 13.0 Å². The molecule has 1 aliphatic rings. The number of aromatic nitrogens is 2. The van der Waals surface area contributed by atoms with Gasteiger partial charge in [-0.3, -0.25) is 23.9 Å². The van der Waals surface area contributed by atoms with Gasteiger partial charge in [-0.15, -0.1) is 0 Å². The maximum atomic E-state index is 12.0. The summed E-state index contributed by atoms with van der Waals surface area (Å²) in [6.07, 6.45) is 2.70. The Morgan fingerprint density at radius 2 is 2.04 bits per heavy atom. The topological polar surface area (TPSA) is 104 Å². The quantitative estimate of drug-likeness (QED) is 0.797. The second-order valence-corrected chi connectivity index (χ2v) is 5.83. The summed E-state index contributed by atoms with van der Waals surface area (Å²) < 4.78 is 1.12. The molecule has 1 aliphatic heterocycles. The van der Waals surface area contributed by atoms with Crippen molar-refractivity contribution in [1.82, 2.24) is 14.9 Å². The maximum Gasteiger partial charge on any atom is 0.328 e. The van der Waals surface area contributed by atoms with Gasteiger partial charge in [0.1, 0.15) is 6.54 Å². The first-order valence-corrected chi connectivity index (χ1v) is 7.99. The highest BCUT2D eigenvalue weighted by atomic mass is 16.2. The van der Waals surface area contributed by atoms with E-state index in [4.69, 9.17) is 0 Å². The number of aromatic amines is 1. The Bertz CT molecular complexity index is 915. The van der Waals surface area contributed by atoms with Crippen LogP contribution in [0.2, 0.25) is 0 Å². The molecule has 0 spiro atoms. The molecule has 2 aromatic rings. The number of hydrogen-bond donors (Lipinski definition) is 2. The predicted octanol–water partition coefficient (Wildman–Crippen LogP) is -0.0202. The fourth-order valence-electron chi connectivity index (χ4n) is 2.74. The predicted molar refractivity (Wildman–Crippen MR) is 91.2 cm³/mol. The van der Waals surface area contributed by atoms with Gasteiger partial charge in [0.25, 0.3) is 5.56 Å². The van der Waals surface area contributed by atoms with E-state index >= 15 is 0 Å². The van der Waals surface area contributed by atoms with Crippen molar-refractivity contribution in [3.8, 4) is 0 Å². The first kappa shape index (κ1) is 16.7. The zero-order valence-corrected chi connectivity index (χ0v) is 13.5. The molecule has 2 heterocycles. The summed E-state index contributed by atoms with van der Waals surface area (Å²) in [7, 11) is 0. The second kappa shape index (κ2) is 7.16. The van der Waals surface area contributed by atoms with Gasteiger partial charge in [-0.1, -0.05) is 12.1 Å². The van der Waals surface area contributed by atoms with Gasteiger partial charge < -0.3 is 10.2 Å². The third kappa shape index (κ3) is 4.03. The van der Waals surface area contributed by atoms with Crippen LogP contribution in [-0.4, -0.2) is 27.9 Å². The van der Waals surface area contributed by atoms with Crippen molar-refractivity contribution >= 4 is 17.5 Å². The number of carbonyl (C=O) groups excluding carboxylic acids is 2. The van der Waals surface area contributed by atoms with E-state index in [1.54, 1.807) is 4.90 Å². The first-order valence-electron chi connectivity index (χ1n) is 7.99. The molecule has 0 saturated carbocycles. The summed E-state index contributed by atoms with van der Waals surface area (Å²) in [6, 6.07) is 8.63. The number of hydrogen-bond acceptors (Lipinski definition) is 4. The van der Waals surface area contributed by atoms with Gasteiger partial charge in [-0.25, -0.2) is 4.79 Å². The molecule has 1 fully saturated rings. The van der Waals surface area contributed by atoms with Gasteiger partial charge in [0, 0.05) is 37.5 Å². The number of anilines is 1. The van der Waals surface area contributed by atoms with Crippen LogP contribution in [0.15, 0.2) is 46.1 Å². The Morgan fingerprint density at radius 3 is 2.76 bits per heavy atom. The zero-order chi connectivity index (χ0) is 17.8. The number of amides is 2. The smallest absolute Gasteiger partial charge is 0.328 e. The molecule has 130 valence electrons. The van der Waals surface area contributed by atoms with Crippen molar-refractivity contribution in [1.29, 1.82) is 0 Å². The summed E-state index contributed by atoms with van der Waals surface area (Å²) >= 11 is 0. The van der Waals surface area contributed by atoms with Crippen molar-refractivity contribution in [3.05, 3.63) is 62.9 Å². The van der Waals surface area contributed by atoms with E-state index in [-0.39, 0.29) is 24.9 Å². The summed E-state index contributed by atoms with van der Waals surface area (Å²) in [5.74, 6) is -0.240. The number of rotatable bonds is 5. The molecule has 2 N–H and O–H groups in total. The van der Waals surface area contributed by atoms with E-state index in [2.05, 4.69) is 10.3 Å². The Kier molecular flexibility index (Phi) is 4.78. The molecule has 0 atom stereocenters. The first-order chi connectivity index (χ1) is 12.0. The van der Waals surface area contributed by atoms with Crippen LogP contribution in [0.25, 0.3) is 0 Å². The zero-order valence-electron chi connectivity index (χ0n) is 13.5. The molecule has 0 unspecified atom stereocenters. The molecule has 1 aromatic carbocycles. The average Bonchev–Trinajstić information content (AvgIpc) is 3.02. The maximum absolute atomic E-state index is 12.0. The number of nitrogens with one attached hydrogen (secondary N) is 2. The third-order valence-corrected chi connectivity index (χ3v) is 4.00. The van der Waals surface area contributed by atoms with Gasteiger partial charge in [-0.2, -0.15) is 0 Å². The fourth-order valence-corrected chi connectivity index (χ4v) is 2.74. The van der Waals surface area contributed by atoms with Crippen LogP contribution in [0, 0.1) is 0 Å². The minimum Gasteiger partial charge on any atom is -0.350 e. The van der Waals surface area contributed by atoms with Gasteiger partial charge >= 0.3 is 5.69 Å². The highest BCUT2D eigenvalue weighted by Gasteiger charge is 2.21. The molecular formula is C17H18N4O4. The normalized spacial score (nSPS) is 13.9. The number of carbonyl (C=O) groups is 2. The Morgan fingerprint density at radius 1 is 1.20 bits per heavy atom. The fraction of sp³-hybridized carbons (Fsp3) is 0.294. The van der Waals surface area contributed by atoms with Crippen LogP contribution < -0.4 is 21.5 Å². The lowest BCUT2D eigenvalue weighted by Crippen LogP contribution is -2.35. The van der Waals surface area contributed by atoms with E-state index in [9.17, 15) is 19.2 Å². The highest BCUT2D eigenvalue weighted by Crippen LogP contribution is 2.22. The van der Waals surface area contributed by atoms with Crippen molar-refractivity contribution in [2.45, 2.75) is 25.9 Å². The van der Waals surface area contributed by atoms with Crippen LogP contribution >= 0.6 is 0 Å². The Hall–Kier alpha value is -3.16. The minimum atomic E-state index is -0.628. The summed E-state index contributed by atoms with van der Waals surface area (Å²) in [6.45, 7) is 0.816. The molecule has 0 radical (unpaired) electrons. The van der Waals surface area contributed by atoms with Gasteiger partial charge in [-0.05, 0) is 24.1 Å². The average molecular weight is 342 g/mol. The molecule has 8 heteroatoms. The molecule has 3 rings (SSSR count). The Labute approximate surface area is 143 Å². The van der Waals surface area contributed by atoms with Crippen molar-refractivity contribution in [2.75, 3.05) is 11.4 Å². The van der Waals surface area contributed by atoms with E-state index in [0.717, 1.165) is 22.2 Å². The highest BCUT2D eigenvalue weighted by molar-refractivity contribution is 5.95. The largest absolute Gasteiger partial charge is 0.350 e. The van der Waals surface area contributed by atoms with Crippen LogP contribution in [0.4, 0.5) is 5.69 Å². The van der Waals surface area contributed by atoms with Crippen molar-refractivity contribution < 1.29 is 9.59 Å². The van der Waals surface area contributed by atoms with E-state index in [1.165, 1.54) is 12.3 Å². The number of nitrogens with zero attached hydrogens (tertiary/aromatic N) is 2. The SMILES string of the molecule is O=C(Cn1ccc(=O)[nH]c1=O)NCc1cccc(N2CCCC2=O)c1. The van der Waals surface area contributed by atoms with E-state index < -0.39 is 11.2 Å². The summed E-state index contributed by atoms with van der Waals surface area (Å²) in [5, 5.41) is 2.72. The lowest BCUT2D eigenvalue weighted by molar-refractivity contribution is -0.122. The molecule has 8 nitrogen and oxygen atoms in total. The molecule has 2 amide bonds. The summed E-state index contributed by atoms with van der Waals surface area (Å²) in [5.41, 5.74) is 0.553. The molecule has 1 aromatic heterocycles. The lowest BCUT2D eigenvalue weighted by atomic mass is 10.2. The molecular weight excluding hydrogens is 324 g/mol. The van der Waals surface area contributed by atoms with Crippen LogP contribution in [0.5, 0.6) is 0 Å². The standard InChI is InChI=1S/C17H18N4O4/c22-14-6-8-20(17(25)19-14)11-15(23)18-10-12-3-1-4-13(9-12)21-7-2-5-16(21)24/h1,3-4,6,8-9H,2,5,7,10-11H2,(H,18,23)(H,19,22,25). The van der Waals surface area contributed by atoms with Crippen LogP contribution in [0.1, 0.15) is 18.4 Å². The van der Waals surface area contributed by atoms with Gasteiger partial charge in [0.15, 0.2) is 0 Å². The van der Waals surface area contributed by atoms with Crippen molar-refractivity contribution in [3.63, 3.8) is 0 Å². The molecule has 0 aliphatic carbocycles. The molecule has 1 saturated heterocycles. The molecule has 0 bridgehead atoms. The minimum absolute atomic E-state index is 0.110. The van der Waals surface area contributed by atoms with E-state index in [1.807, 2.05) is 24.3 Å².